The lowest BCUT2D eigenvalue weighted by atomic mass is 10.1. The molecule has 1 saturated heterocycles. The van der Waals surface area contributed by atoms with E-state index < -0.39 is 35.9 Å². The van der Waals surface area contributed by atoms with E-state index in [4.69, 9.17) is 16.7 Å². The van der Waals surface area contributed by atoms with Crippen molar-refractivity contribution < 1.29 is 41.5 Å². The molecular weight excluding hydrogens is 541 g/mol. The van der Waals surface area contributed by atoms with E-state index in [1.54, 1.807) is 37.4 Å². The van der Waals surface area contributed by atoms with Crippen molar-refractivity contribution in [1.29, 1.82) is 0 Å². The van der Waals surface area contributed by atoms with Gasteiger partial charge in [0, 0.05) is 18.3 Å². The molecule has 3 amide bonds. The highest BCUT2D eigenvalue weighted by molar-refractivity contribution is 7.80. The second-order valence-corrected chi connectivity index (χ2v) is 8.81. The molecule has 204 valence electrons. The lowest BCUT2D eigenvalue weighted by Gasteiger charge is -2.21. The van der Waals surface area contributed by atoms with Gasteiger partial charge in [0.05, 0.1) is 6.42 Å². The van der Waals surface area contributed by atoms with Crippen molar-refractivity contribution in [3.63, 3.8) is 0 Å². The molecule has 15 heteroatoms. The molecule has 11 nitrogen and oxygen atoms in total. The molecule has 0 aliphatic carbocycles. The number of carbonyl (C=O) groups excluding carboxylic acids is 3. The summed E-state index contributed by atoms with van der Waals surface area (Å²) in [5.74, 6) is -1.85. The van der Waals surface area contributed by atoms with Crippen LogP contribution in [0.25, 0.3) is 0 Å². The van der Waals surface area contributed by atoms with E-state index in [2.05, 4.69) is 20.6 Å². The van der Waals surface area contributed by atoms with E-state index in [-0.39, 0.29) is 29.6 Å². The number of ether oxygens (including phenoxy) is 1. The molecule has 39 heavy (non-hydrogen) atoms. The zero-order chi connectivity index (χ0) is 28.3. The number of alkyl halides is 3. The molecule has 0 bridgehead atoms. The summed E-state index contributed by atoms with van der Waals surface area (Å²) >= 11 is 5.43. The Hall–Kier alpha value is -4.53. The number of aryl methyl sites for hydroxylation is 1. The fourth-order valence-electron chi connectivity index (χ4n) is 3.83. The number of halogens is 3. The van der Waals surface area contributed by atoms with Gasteiger partial charge in [0.15, 0.2) is 12.2 Å². The number of amides is 3. The zero-order valence-electron chi connectivity index (χ0n) is 20.6. The zero-order valence-corrected chi connectivity index (χ0v) is 21.4. The molecule has 2 aromatic carbocycles. The Bertz CT molecular complexity index is 1400. The fourth-order valence-corrected chi connectivity index (χ4v) is 4.11. The summed E-state index contributed by atoms with van der Waals surface area (Å²) in [6.07, 6.45) is -5.16. The standard InChI is InChI=1S/C24H21F3N6O5S/c1-31-22(36)17(12-19(34)28-15-8-10-16(11-9-15)37-24(25,26)27)33(23(31)39)13-18-21(38-30-32(18)2)29-20(35)14-6-4-3-5-7-14/h3-11,17H,12-13H2,1-2H3,(H-,28,29,30,34,35)/p+1. The molecule has 0 radical (unpaired) electrons. The second kappa shape index (κ2) is 11.1. The van der Waals surface area contributed by atoms with Crippen LogP contribution in [0.4, 0.5) is 24.7 Å². The van der Waals surface area contributed by atoms with Crippen molar-refractivity contribution in [1.82, 2.24) is 15.1 Å². The molecule has 1 aromatic heterocycles. The minimum atomic E-state index is -4.84. The summed E-state index contributed by atoms with van der Waals surface area (Å²) in [7, 11) is 3.05. The monoisotopic (exact) mass is 563 g/mol. The quantitative estimate of drug-likeness (QED) is 0.317. The van der Waals surface area contributed by atoms with Crippen LogP contribution in [0.1, 0.15) is 22.5 Å². The number of hydrogen-bond donors (Lipinski definition) is 2. The third-order valence-corrected chi connectivity index (χ3v) is 6.27. The van der Waals surface area contributed by atoms with E-state index in [1.807, 2.05) is 0 Å². The van der Waals surface area contributed by atoms with Crippen LogP contribution in [0, 0.1) is 0 Å². The predicted octanol–water partition coefficient (Wildman–Crippen LogP) is 2.61. The number of likely N-dealkylation sites (N-methyl/N-ethyl adjacent to an activating group) is 1. The maximum absolute atomic E-state index is 12.9. The van der Waals surface area contributed by atoms with Gasteiger partial charge >= 0.3 is 12.2 Å². The van der Waals surface area contributed by atoms with Crippen molar-refractivity contribution in [2.24, 2.45) is 7.05 Å². The van der Waals surface area contributed by atoms with Gasteiger partial charge in [-0.15, -0.1) is 13.2 Å². The fraction of sp³-hybridized carbons (Fsp3) is 0.250. The van der Waals surface area contributed by atoms with Gasteiger partial charge in [-0.25, -0.2) is 0 Å². The lowest BCUT2D eigenvalue weighted by Crippen LogP contribution is -2.42. The molecule has 3 aromatic rings. The number of hydrogen-bond acceptors (Lipinski definition) is 7. The number of anilines is 2. The molecule has 1 aliphatic heterocycles. The average molecular weight is 564 g/mol. The van der Waals surface area contributed by atoms with Gasteiger partial charge in [-0.2, -0.15) is 0 Å². The average Bonchev–Trinajstić information content (AvgIpc) is 3.32. The Morgan fingerprint density at radius 3 is 2.44 bits per heavy atom. The number of aromatic nitrogens is 2. The summed E-state index contributed by atoms with van der Waals surface area (Å²) in [6, 6.07) is 12.0. The SMILES string of the molecule is CN1C(=O)C(CC(=O)Nc2ccc(OC(F)(F)F)cc2)N(Cc2c(NC(=O)c3ccccc3)on[n+]2C)C1=S. The third-order valence-electron chi connectivity index (χ3n) is 5.77. The van der Waals surface area contributed by atoms with Crippen molar-refractivity contribution in [2.45, 2.75) is 25.4 Å². The maximum Gasteiger partial charge on any atom is 0.573 e. The smallest absolute Gasteiger partial charge is 0.406 e. The van der Waals surface area contributed by atoms with Gasteiger partial charge in [0.1, 0.15) is 18.3 Å². The molecule has 1 aliphatic rings. The van der Waals surface area contributed by atoms with Gasteiger partial charge in [-0.05, 0) is 53.3 Å². The van der Waals surface area contributed by atoms with Crippen LogP contribution in [-0.2, 0) is 23.2 Å². The maximum atomic E-state index is 12.9. The van der Waals surface area contributed by atoms with Crippen LogP contribution < -0.4 is 20.1 Å². The van der Waals surface area contributed by atoms with Crippen LogP contribution in [0.5, 0.6) is 5.75 Å². The summed E-state index contributed by atoms with van der Waals surface area (Å²) < 4.78 is 47.6. The highest BCUT2D eigenvalue weighted by atomic mass is 32.1. The molecule has 2 N–H and O–H groups in total. The first kappa shape index (κ1) is 27.5. The van der Waals surface area contributed by atoms with Crippen LogP contribution in [0.2, 0.25) is 0 Å². The number of nitrogens with zero attached hydrogens (tertiary/aromatic N) is 4. The second-order valence-electron chi connectivity index (χ2n) is 8.44. The largest absolute Gasteiger partial charge is 0.573 e. The van der Waals surface area contributed by atoms with E-state index in [0.717, 1.165) is 12.1 Å². The number of rotatable bonds is 8. The van der Waals surface area contributed by atoms with Crippen LogP contribution in [0.3, 0.4) is 0 Å². The summed E-state index contributed by atoms with van der Waals surface area (Å²) in [6.45, 7) is -0.0270. The van der Waals surface area contributed by atoms with Gasteiger partial charge in [0.2, 0.25) is 11.2 Å². The van der Waals surface area contributed by atoms with Gasteiger partial charge < -0.3 is 15.0 Å². The molecule has 1 unspecified atom stereocenters. The molecule has 0 saturated carbocycles. The Morgan fingerprint density at radius 1 is 1.13 bits per heavy atom. The van der Waals surface area contributed by atoms with E-state index in [0.29, 0.717) is 11.3 Å². The van der Waals surface area contributed by atoms with Crippen molar-refractivity contribution in [2.75, 3.05) is 17.7 Å². The first-order valence-corrected chi connectivity index (χ1v) is 11.8. The third kappa shape index (κ3) is 6.49. The molecule has 2 heterocycles. The molecule has 0 spiro atoms. The van der Waals surface area contributed by atoms with Gasteiger partial charge in [-0.3, -0.25) is 29.1 Å². The first-order chi connectivity index (χ1) is 18.4. The minimum absolute atomic E-state index is 0.0270. The molecule has 1 fully saturated rings. The van der Waals surface area contributed by atoms with E-state index in [1.165, 1.54) is 33.7 Å². The topological polar surface area (TPSA) is 121 Å². The van der Waals surface area contributed by atoms with Crippen molar-refractivity contribution >= 4 is 46.6 Å². The van der Waals surface area contributed by atoms with Crippen molar-refractivity contribution in [3.8, 4) is 5.75 Å². The Morgan fingerprint density at radius 2 is 1.79 bits per heavy atom. The van der Waals surface area contributed by atoms with Gasteiger partial charge in [0.25, 0.3) is 17.5 Å². The first-order valence-electron chi connectivity index (χ1n) is 11.4. The van der Waals surface area contributed by atoms with Crippen LogP contribution >= 0.6 is 12.2 Å². The molecule has 4 rings (SSSR count). The lowest BCUT2D eigenvalue weighted by molar-refractivity contribution is -0.746. The van der Waals surface area contributed by atoms with E-state index in [9.17, 15) is 27.6 Å². The molecular formula is C24H22F3N6O5S+. The Balaban J connectivity index is 1.47. The van der Waals surface area contributed by atoms with Crippen molar-refractivity contribution in [3.05, 3.63) is 65.9 Å². The van der Waals surface area contributed by atoms with Crippen LogP contribution in [0.15, 0.2) is 59.1 Å². The number of thiocarbonyl (C=S) groups is 1. The van der Waals surface area contributed by atoms with Crippen LogP contribution in [-0.4, -0.2) is 57.4 Å². The highest BCUT2D eigenvalue weighted by Gasteiger charge is 2.44. The Labute approximate surface area is 225 Å². The highest BCUT2D eigenvalue weighted by Crippen LogP contribution is 2.26. The molecule has 1 atom stereocenters. The van der Waals surface area contributed by atoms with Gasteiger partial charge in [-0.1, -0.05) is 18.2 Å². The summed E-state index contributed by atoms with van der Waals surface area (Å²) in [5, 5.41) is 9.18. The number of nitrogens with one attached hydrogen (secondary N) is 2. The van der Waals surface area contributed by atoms with E-state index >= 15 is 0 Å². The summed E-state index contributed by atoms with van der Waals surface area (Å²) in [4.78, 5) is 41.1. The number of carbonyl (C=O) groups is 3. The Kier molecular flexibility index (Phi) is 7.80. The predicted molar refractivity (Wildman–Crippen MR) is 133 cm³/mol. The summed E-state index contributed by atoms with van der Waals surface area (Å²) in [5.41, 5.74) is 0.982. The number of benzene rings is 2. The normalized spacial score (nSPS) is 15.5. The minimum Gasteiger partial charge on any atom is -0.406 e.